The number of phosphoric ester groups is 1. The zero-order valence-corrected chi connectivity index (χ0v) is 13.9. The molecule has 3 rings (SSSR count). The Hall–Kier alpha value is -1.25. The molecule has 10 heteroatoms. The van der Waals surface area contributed by atoms with Crippen LogP contribution in [0.4, 0.5) is 0 Å². The van der Waals surface area contributed by atoms with Gasteiger partial charge in [0.2, 0.25) is 0 Å². The summed E-state index contributed by atoms with van der Waals surface area (Å²) in [6, 6.07) is 1.24. The number of rotatable bonds is 3. The Bertz CT molecular complexity index is 755. The third kappa shape index (κ3) is 2.83. The zero-order valence-electron chi connectivity index (χ0n) is 13.1. The van der Waals surface area contributed by atoms with Gasteiger partial charge in [-0.1, -0.05) is 13.8 Å². The van der Waals surface area contributed by atoms with E-state index < -0.39 is 42.9 Å². The number of fused-ring (bicyclic) bond motifs is 1. The smallest absolute Gasteiger partial charge is 0.349 e. The lowest BCUT2D eigenvalue weighted by Crippen LogP contribution is -2.42. The fourth-order valence-electron chi connectivity index (χ4n) is 2.96. The third-order valence-electron chi connectivity index (χ3n) is 4.04. The number of phosphoric acid groups is 1. The van der Waals surface area contributed by atoms with Gasteiger partial charge >= 0.3 is 13.5 Å². The molecule has 23 heavy (non-hydrogen) atoms. The van der Waals surface area contributed by atoms with E-state index in [0.29, 0.717) is 0 Å². The van der Waals surface area contributed by atoms with Gasteiger partial charge < -0.3 is 4.74 Å². The second kappa shape index (κ2) is 5.68. The van der Waals surface area contributed by atoms with Crippen molar-refractivity contribution in [2.45, 2.75) is 39.2 Å². The predicted octanol–water partition coefficient (Wildman–Crippen LogP) is 1.02. The van der Waals surface area contributed by atoms with Crippen molar-refractivity contribution in [3.8, 4) is 0 Å². The van der Waals surface area contributed by atoms with Crippen LogP contribution in [-0.4, -0.2) is 35.0 Å². The van der Waals surface area contributed by atoms with Gasteiger partial charge in [-0.3, -0.25) is 27.9 Å². The second-order valence-electron chi connectivity index (χ2n) is 6.05. The Balaban J connectivity index is 1.94. The molecule has 0 aromatic carbocycles. The summed E-state index contributed by atoms with van der Waals surface area (Å²) in [7, 11) is -3.63. The fraction of sp³-hybridized carbons (Fsp3) is 0.692. The van der Waals surface area contributed by atoms with Crippen LogP contribution in [0, 0.1) is 5.41 Å². The molecule has 3 heterocycles. The molecular weight excluding hydrogens is 327 g/mol. The molecule has 0 aliphatic carbocycles. The molecule has 0 bridgehead atoms. The highest BCUT2D eigenvalue weighted by molar-refractivity contribution is 7.48. The van der Waals surface area contributed by atoms with Crippen molar-refractivity contribution < 1.29 is 22.9 Å². The molecule has 9 nitrogen and oxygen atoms in total. The first-order valence-electron chi connectivity index (χ1n) is 7.31. The number of nitrogens with zero attached hydrogens (tertiary/aromatic N) is 1. The van der Waals surface area contributed by atoms with Crippen LogP contribution in [-0.2, 0) is 22.9 Å². The van der Waals surface area contributed by atoms with Crippen LogP contribution in [0.15, 0.2) is 21.9 Å². The number of H-pyrrole nitrogens is 1. The van der Waals surface area contributed by atoms with E-state index in [1.165, 1.54) is 16.8 Å². The summed E-state index contributed by atoms with van der Waals surface area (Å²) in [6.07, 6.45) is -0.388. The van der Waals surface area contributed by atoms with Gasteiger partial charge in [0.15, 0.2) is 0 Å². The summed E-state index contributed by atoms with van der Waals surface area (Å²) in [5.41, 5.74) is -1.76. The highest BCUT2D eigenvalue weighted by atomic mass is 31.2. The van der Waals surface area contributed by atoms with Crippen molar-refractivity contribution in [1.82, 2.24) is 9.55 Å². The molecule has 2 aliphatic rings. The lowest BCUT2D eigenvalue weighted by Gasteiger charge is -2.35. The normalized spacial score (nSPS) is 35.9. The SMILES string of the molecule is CCOP1(=O)OCC2OC(n3ccc(=O)[nH]c3=O)C(C)(C)C2O1. The lowest BCUT2D eigenvalue weighted by molar-refractivity contribution is -0.0719. The van der Waals surface area contributed by atoms with Gasteiger partial charge in [0.1, 0.15) is 18.4 Å². The predicted molar refractivity (Wildman–Crippen MR) is 79.1 cm³/mol. The number of aromatic nitrogens is 2. The van der Waals surface area contributed by atoms with E-state index in [4.69, 9.17) is 18.3 Å². The van der Waals surface area contributed by atoms with E-state index in [2.05, 4.69) is 4.98 Å². The molecule has 2 fully saturated rings. The van der Waals surface area contributed by atoms with Crippen LogP contribution < -0.4 is 11.2 Å². The van der Waals surface area contributed by atoms with Gasteiger partial charge in [-0.2, -0.15) is 0 Å². The topological polar surface area (TPSA) is 109 Å². The summed E-state index contributed by atoms with van der Waals surface area (Å²) >= 11 is 0. The average molecular weight is 346 g/mol. The Morgan fingerprint density at radius 2 is 2.22 bits per heavy atom. The summed E-state index contributed by atoms with van der Waals surface area (Å²) in [6.45, 7) is 5.60. The highest BCUT2D eigenvalue weighted by Crippen LogP contribution is 2.60. The monoisotopic (exact) mass is 346 g/mol. The number of hydrogen-bond donors (Lipinski definition) is 1. The third-order valence-corrected chi connectivity index (χ3v) is 5.57. The van der Waals surface area contributed by atoms with Crippen molar-refractivity contribution in [3.05, 3.63) is 33.1 Å². The molecule has 2 aliphatic heterocycles. The minimum absolute atomic E-state index is 0.0416. The second-order valence-corrected chi connectivity index (χ2v) is 7.67. The molecule has 0 spiro atoms. The largest absolute Gasteiger partial charge is 0.475 e. The molecule has 0 saturated carbocycles. The van der Waals surface area contributed by atoms with Crippen LogP contribution in [0.3, 0.4) is 0 Å². The van der Waals surface area contributed by atoms with Crippen LogP contribution >= 0.6 is 7.82 Å². The van der Waals surface area contributed by atoms with E-state index >= 15 is 0 Å². The van der Waals surface area contributed by atoms with Crippen molar-refractivity contribution in [3.63, 3.8) is 0 Å². The molecule has 128 valence electrons. The lowest BCUT2D eigenvalue weighted by atomic mass is 9.84. The summed E-state index contributed by atoms with van der Waals surface area (Å²) < 4.78 is 35.4. The first-order valence-corrected chi connectivity index (χ1v) is 8.77. The van der Waals surface area contributed by atoms with E-state index in [0.717, 1.165) is 0 Å². The van der Waals surface area contributed by atoms with Crippen LogP contribution in [0.25, 0.3) is 0 Å². The zero-order chi connectivity index (χ0) is 16.8. The van der Waals surface area contributed by atoms with Crippen molar-refractivity contribution >= 4 is 7.82 Å². The molecule has 1 aromatic rings. The maximum absolute atomic E-state index is 12.4. The fourth-order valence-corrected chi connectivity index (χ4v) is 4.49. The Labute approximate surface area is 132 Å². The average Bonchev–Trinajstić information content (AvgIpc) is 2.71. The summed E-state index contributed by atoms with van der Waals surface area (Å²) in [4.78, 5) is 25.4. The van der Waals surface area contributed by atoms with Crippen LogP contribution in [0.1, 0.15) is 27.0 Å². The number of ether oxygens (including phenoxy) is 1. The molecule has 4 atom stereocenters. The van der Waals surface area contributed by atoms with E-state index in [-0.39, 0.29) is 13.2 Å². The summed E-state index contributed by atoms with van der Waals surface area (Å²) in [5.74, 6) is 0. The van der Waals surface area contributed by atoms with Crippen LogP contribution in [0.2, 0.25) is 0 Å². The van der Waals surface area contributed by atoms with Gasteiger partial charge in [0.05, 0.1) is 13.2 Å². The number of nitrogens with one attached hydrogen (secondary N) is 1. The van der Waals surface area contributed by atoms with E-state index in [9.17, 15) is 14.2 Å². The molecule has 1 N–H and O–H groups in total. The molecule has 1 aromatic heterocycles. The molecule has 4 unspecified atom stereocenters. The minimum atomic E-state index is -3.63. The van der Waals surface area contributed by atoms with Crippen LogP contribution in [0.5, 0.6) is 0 Å². The number of aromatic amines is 1. The first-order chi connectivity index (χ1) is 10.8. The van der Waals surface area contributed by atoms with Gasteiger partial charge in [-0.05, 0) is 6.92 Å². The number of hydrogen-bond acceptors (Lipinski definition) is 7. The molecular formula is C13H19N2O7P. The van der Waals surface area contributed by atoms with Gasteiger partial charge in [0, 0.05) is 17.7 Å². The Kier molecular flexibility index (Phi) is 4.10. The Morgan fingerprint density at radius 1 is 1.48 bits per heavy atom. The maximum atomic E-state index is 12.4. The quantitative estimate of drug-likeness (QED) is 0.814. The van der Waals surface area contributed by atoms with Crippen molar-refractivity contribution in [1.29, 1.82) is 0 Å². The van der Waals surface area contributed by atoms with E-state index in [1.54, 1.807) is 6.92 Å². The van der Waals surface area contributed by atoms with Gasteiger partial charge in [0.25, 0.3) is 5.56 Å². The van der Waals surface area contributed by atoms with E-state index in [1.807, 2.05) is 13.8 Å². The Morgan fingerprint density at radius 3 is 2.87 bits per heavy atom. The first kappa shape index (κ1) is 16.6. The minimum Gasteiger partial charge on any atom is -0.349 e. The summed E-state index contributed by atoms with van der Waals surface area (Å²) in [5, 5.41) is 0. The maximum Gasteiger partial charge on any atom is 0.475 e. The molecule has 2 saturated heterocycles. The van der Waals surface area contributed by atoms with Crippen molar-refractivity contribution in [2.24, 2.45) is 5.41 Å². The molecule has 0 amide bonds. The molecule has 0 radical (unpaired) electrons. The standard InChI is InChI=1S/C13H19N2O7P/c1-4-19-23(18)20-7-8-10(22-23)13(2,3)11(21-8)15-6-5-9(16)14-12(15)17/h5-6,8,10-11H,4,7H2,1-3H3,(H,14,16,17). The highest BCUT2D eigenvalue weighted by Gasteiger charge is 2.58. The van der Waals surface area contributed by atoms with Gasteiger partial charge in [-0.15, -0.1) is 0 Å². The van der Waals surface area contributed by atoms with Crippen molar-refractivity contribution in [2.75, 3.05) is 13.2 Å². The van der Waals surface area contributed by atoms with Gasteiger partial charge in [-0.25, -0.2) is 9.36 Å².